The summed E-state index contributed by atoms with van der Waals surface area (Å²) in [5.41, 5.74) is 5.59. The Morgan fingerprint density at radius 1 is 1.27 bits per heavy atom. The molecule has 0 spiro atoms. The van der Waals surface area contributed by atoms with Gasteiger partial charge in [-0.15, -0.1) is 13.2 Å². The summed E-state index contributed by atoms with van der Waals surface area (Å²) in [6.07, 6.45) is -2.72. The number of alkyl halides is 3. The molecular formula is C13H17F3N2O3S. The van der Waals surface area contributed by atoms with Crippen molar-refractivity contribution in [3.63, 3.8) is 0 Å². The first-order valence-corrected chi connectivity index (χ1v) is 8.28. The first-order valence-electron chi connectivity index (χ1n) is 6.80. The van der Waals surface area contributed by atoms with Gasteiger partial charge in [0.2, 0.25) is 10.0 Å². The highest BCUT2D eigenvalue weighted by molar-refractivity contribution is 7.89. The quantitative estimate of drug-likeness (QED) is 0.860. The third-order valence-corrected chi connectivity index (χ3v) is 5.16. The molecule has 1 aromatic carbocycles. The van der Waals surface area contributed by atoms with Gasteiger partial charge in [0, 0.05) is 6.04 Å². The van der Waals surface area contributed by atoms with E-state index in [4.69, 9.17) is 5.73 Å². The molecule has 1 aromatic rings. The van der Waals surface area contributed by atoms with E-state index in [1.807, 2.05) is 0 Å². The highest BCUT2D eigenvalue weighted by Gasteiger charge is 2.35. The number of rotatable bonds is 5. The number of hydrogen-bond acceptors (Lipinski definition) is 4. The van der Waals surface area contributed by atoms with Crippen LogP contribution in [0.3, 0.4) is 0 Å². The van der Waals surface area contributed by atoms with Gasteiger partial charge in [0.05, 0.1) is 0 Å². The maximum atomic E-state index is 12.4. The van der Waals surface area contributed by atoms with Crippen molar-refractivity contribution in [1.29, 1.82) is 0 Å². The topological polar surface area (TPSA) is 81.4 Å². The van der Waals surface area contributed by atoms with Gasteiger partial charge in [0.25, 0.3) is 0 Å². The van der Waals surface area contributed by atoms with Gasteiger partial charge in [-0.05, 0) is 37.4 Å². The van der Waals surface area contributed by atoms with Crippen LogP contribution in [0.15, 0.2) is 29.2 Å². The molecule has 2 atom stereocenters. The van der Waals surface area contributed by atoms with E-state index < -0.39 is 27.0 Å². The molecule has 0 amide bonds. The third-order valence-electron chi connectivity index (χ3n) is 3.63. The molecule has 1 saturated carbocycles. The van der Waals surface area contributed by atoms with Crippen LogP contribution in [0.2, 0.25) is 0 Å². The van der Waals surface area contributed by atoms with Gasteiger partial charge >= 0.3 is 6.36 Å². The fourth-order valence-electron chi connectivity index (χ4n) is 2.62. The predicted octanol–water partition coefficient (Wildman–Crippen LogP) is 1.99. The van der Waals surface area contributed by atoms with Crippen molar-refractivity contribution < 1.29 is 26.3 Å². The van der Waals surface area contributed by atoms with Gasteiger partial charge in [-0.3, -0.25) is 0 Å². The van der Waals surface area contributed by atoms with Crippen LogP contribution in [0.5, 0.6) is 5.75 Å². The Kier molecular flexibility index (Phi) is 4.98. The average molecular weight is 338 g/mol. The van der Waals surface area contributed by atoms with E-state index in [2.05, 4.69) is 9.46 Å². The number of para-hydroxylation sites is 1. The Hall–Kier alpha value is -1.32. The van der Waals surface area contributed by atoms with Crippen molar-refractivity contribution in [3.05, 3.63) is 24.3 Å². The lowest BCUT2D eigenvalue weighted by atomic mass is 10.1. The van der Waals surface area contributed by atoms with Crippen LogP contribution >= 0.6 is 0 Å². The molecule has 9 heteroatoms. The maximum absolute atomic E-state index is 12.4. The molecule has 0 unspecified atom stereocenters. The van der Waals surface area contributed by atoms with Crippen molar-refractivity contribution in [2.75, 3.05) is 6.54 Å². The average Bonchev–Trinajstić information content (AvgIpc) is 2.83. The van der Waals surface area contributed by atoms with Crippen LogP contribution < -0.4 is 15.2 Å². The summed E-state index contributed by atoms with van der Waals surface area (Å²) in [5, 5.41) is 0. The molecule has 0 saturated heterocycles. The van der Waals surface area contributed by atoms with Gasteiger partial charge < -0.3 is 10.5 Å². The number of hydrogen-bond donors (Lipinski definition) is 2. The highest BCUT2D eigenvalue weighted by Crippen LogP contribution is 2.31. The van der Waals surface area contributed by atoms with E-state index in [9.17, 15) is 21.6 Å². The van der Waals surface area contributed by atoms with E-state index in [1.165, 1.54) is 12.1 Å². The number of ether oxygens (including phenoxy) is 1. The van der Waals surface area contributed by atoms with Crippen LogP contribution in [0.1, 0.15) is 19.3 Å². The summed E-state index contributed by atoms with van der Waals surface area (Å²) in [7, 11) is -4.12. The first-order chi connectivity index (χ1) is 10.2. The zero-order valence-electron chi connectivity index (χ0n) is 11.6. The smallest absolute Gasteiger partial charge is 0.404 e. The lowest BCUT2D eigenvalue weighted by Gasteiger charge is -2.20. The molecule has 1 fully saturated rings. The number of halogens is 3. The molecule has 22 heavy (non-hydrogen) atoms. The molecule has 0 bridgehead atoms. The van der Waals surface area contributed by atoms with E-state index in [0.29, 0.717) is 13.0 Å². The Morgan fingerprint density at radius 2 is 1.95 bits per heavy atom. The molecule has 0 heterocycles. The third kappa shape index (κ3) is 4.11. The zero-order valence-corrected chi connectivity index (χ0v) is 12.5. The monoisotopic (exact) mass is 338 g/mol. The Morgan fingerprint density at radius 3 is 2.59 bits per heavy atom. The molecule has 2 rings (SSSR count). The van der Waals surface area contributed by atoms with E-state index in [-0.39, 0.29) is 12.0 Å². The minimum Gasteiger partial charge on any atom is -0.404 e. The summed E-state index contributed by atoms with van der Waals surface area (Å²) < 4.78 is 68.1. The van der Waals surface area contributed by atoms with Crippen LogP contribution in [0.4, 0.5) is 13.2 Å². The van der Waals surface area contributed by atoms with Crippen molar-refractivity contribution >= 4 is 10.0 Å². The summed E-state index contributed by atoms with van der Waals surface area (Å²) in [4.78, 5) is -0.532. The van der Waals surface area contributed by atoms with Crippen LogP contribution in [0, 0.1) is 5.92 Å². The normalized spacial score (nSPS) is 22.7. The summed E-state index contributed by atoms with van der Waals surface area (Å²) in [6.45, 7) is 0.327. The Bertz CT molecular complexity index is 619. The second kappa shape index (κ2) is 6.43. The first kappa shape index (κ1) is 17.0. The molecule has 0 aliphatic heterocycles. The van der Waals surface area contributed by atoms with Crippen LogP contribution in [-0.4, -0.2) is 27.4 Å². The van der Waals surface area contributed by atoms with Gasteiger partial charge in [-0.1, -0.05) is 18.6 Å². The molecule has 0 aromatic heterocycles. The molecule has 1 aliphatic carbocycles. The van der Waals surface area contributed by atoms with Gasteiger partial charge in [-0.2, -0.15) is 0 Å². The zero-order chi connectivity index (χ0) is 16.4. The Labute approximate surface area is 126 Å². The van der Waals surface area contributed by atoms with Crippen LogP contribution in [-0.2, 0) is 10.0 Å². The van der Waals surface area contributed by atoms with E-state index in [0.717, 1.165) is 25.0 Å². The number of sulfonamides is 1. The van der Waals surface area contributed by atoms with Gasteiger partial charge in [-0.25, -0.2) is 13.1 Å². The molecule has 0 radical (unpaired) electrons. The largest absolute Gasteiger partial charge is 0.573 e. The minimum absolute atomic E-state index is 0.00882. The van der Waals surface area contributed by atoms with E-state index >= 15 is 0 Å². The van der Waals surface area contributed by atoms with Crippen molar-refractivity contribution in [2.24, 2.45) is 11.7 Å². The molecule has 1 aliphatic rings. The summed E-state index contributed by atoms with van der Waals surface area (Å²) >= 11 is 0. The van der Waals surface area contributed by atoms with Gasteiger partial charge in [0.15, 0.2) is 0 Å². The molecule has 3 N–H and O–H groups in total. The standard InChI is InChI=1S/C13H17F3N2O3S/c14-13(15,16)21-11-6-1-2-7-12(11)22(19,20)18-10-5-3-4-9(10)8-17/h1-2,6-7,9-10,18H,3-5,8,17H2/t9-,10-/m1/s1. The summed E-state index contributed by atoms with van der Waals surface area (Å²) in [6, 6.07) is 4.30. The Balaban J connectivity index is 2.26. The fourth-order valence-corrected chi connectivity index (χ4v) is 4.09. The van der Waals surface area contributed by atoms with E-state index in [1.54, 1.807) is 0 Å². The molecule has 124 valence electrons. The second-order valence-corrected chi connectivity index (χ2v) is 6.83. The predicted molar refractivity (Wildman–Crippen MR) is 73.6 cm³/mol. The fraction of sp³-hybridized carbons (Fsp3) is 0.538. The second-order valence-electron chi connectivity index (χ2n) is 5.15. The van der Waals surface area contributed by atoms with Crippen molar-refractivity contribution in [2.45, 2.75) is 36.6 Å². The number of benzene rings is 1. The number of nitrogens with two attached hydrogens (primary N) is 1. The molecule has 5 nitrogen and oxygen atoms in total. The number of nitrogens with one attached hydrogen (secondary N) is 1. The lowest BCUT2D eigenvalue weighted by Crippen LogP contribution is -2.40. The molecular weight excluding hydrogens is 321 g/mol. The van der Waals surface area contributed by atoms with Gasteiger partial charge in [0.1, 0.15) is 10.6 Å². The highest BCUT2D eigenvalue weighted by atomic mass is 32.2. The van der Waals surface area contributed by atoms with Crippen molar-refractivity contribution in [1.82, 2.24) is 4.72 Å². The lowest BCUT2D eigenvalue weighted by molar-refractivity contribution is -0.275. The van der Waals surface area contributed by atoms with Crippen LogP contribution in [0.25, 0.3) is 0 Å². The summed E-state index contributed by atoms with van der Waals surface area (Å²) in [5.74, 6) is -0.754. The minimum atomic E-state index is -4.96. The maximum Gasteiger partial charge on any atom is 0.573 e. The van der Waals surface area contributed by atoms with Crippen molar-refractivity contribution in [3.8, 4) is 5.75 Å². The SMILES string of the molecule is NC[C@H]1CCC[C@H]1NS(=O)(=O)c1ccccc1OC(F)(F)F.